The van der Waals surface area contributed by atoms with Crippen LogP contribution in [0.25, 0.3) is 11.1 Å². The van der Waals surface area contributed by atoms with Crippen LogP contribution in [0.3, 0.4) is 0 Å². The Labute approximate surface area is 188 Å². The van der Waals surface area contributed by atoms with Gasteiger partial charge in [-0.25, -0.2) is 4.68 Å². The average Bonchev–Trinajstić information content (AvgIpc) is 3.47. The summed E-state index contributed by atoms with van der Waals surface area (Å²) in [6, 6.07) is 14.0. The fourth-order valence-electron chi connectivity index (χ4n) is 3.12. The lowest BCUT2D eigenvalue weighted by Gasteiger charge is -2.26. The summed E-state index contributed by atoms with van der Waals surface area (Å²) in [6.45, 7) is 0.306. The number of nitrogens with one attached hydrogen (secondary N) is 1. The Balaban J connectivity index is 1.72. The first-order valence-electron chi connectivity index (χ1n) is 9.07. The van der Waals surface area contributed by atoms with E-state index in [-0.39, 0.29) is 10.7 Å². The molecular weight excluding hydrogens is 456 g/mol. The molecule has 2 aromatic heterocycles. The van der Waals surface area contributed by atoms with Crippen LogP contribution in [0.2, 0.25) is 5.02 Å². The van der Waals surface area contributed by atoms with Crippen molar-refractivity contribution in [2.45, 2.75) is 6.54 Å². The van der Waals surface area contributed by atoms with Gasteiger partial charge in [0.15, 0.2) is 0 Å². The lowest BCUT2D eigenvalue weighted by Crippen LogP contribution is -2.28. The van der Waals surface area contributed by atoms with E-state index in [2.05, 4.69) is 16.3 Å². The van der Waals surface area contributed by atoms with Gasteiger partial charge in [0, 0.05) is 11.1 Å². The summed E-state index contributed by atoms with van der Waals surface area (Å²) in [7, 11) is -4.45. The van der Waals surface area contributed by atoms with Crippen LogP contribution in [0.5, 0.6) is 0 Å². The fraction of sp³-hybridized carbons (Fsp3) is 0.0500. The lowest BCUT2D eigenvalue weighted by molar-refractivity contribution is 0.489. The molecule has 2 aromatic carbocycles. The molecule has 0 amide bonds. The summed E-state index contributed by atoms with van der Waals surface area (Å²) in [5.74, 6) is 0. The zero-order valence-corrected chi connectivity index (χ0v) is 17.8. The molecule has 0 spiro atoms. The van der Waals surface area contributed by atoms with E-state index in [1.807, 2.05) is 15.8 Å². The fourth-order valence-corrected chi connectivity index (χ4v) is 3.89. The van der Waals surface area contributed by atoms with Crippen molar-refractivity contribution in [1.29, 1.82) is 5.26 Å². The van der Waals surface area contributed by atoms with Gasteiger partial charge in [0.1, 0.15) is 12.7 Å². The molecule has 0 saturated carbocycles. The van der Waals surface area contributed by atoms with Gasteiger partial charge >= 0.3 is 10.3 Å². The third-order valence-corrected chi connectivity index (χ3v) is 5.33. The smallest absolute Gasteiger partial charge is 0.357 e. The third-order valence-electron chi connectivity index (χ3n) is 4.54. The van der Waals surface area contributed by atoms with Crippen LogP contribution >= 0.6 is 11.6 Å². The summed E-state index contributed by atoms with van der Waals surface area (Å²) < 4.78 is 39.9. The Hall–Kier alpha value is -3.85. The predicted octanol–water partition coefficient (Wildman–Crippen LogP) is 3.75. The molecule has 2 N–H and O–H groups in total. The molecule has 0 bridgehead atoms. The van der Waals surface area contributed by atoms with Crippen molar-refractivity contribution in [3.63, 3.8) is 0 Å². The van der Waals surface area contributed by atoms with E-state index in [1.165, 1.54) is 25.0 Å². The first-order valence-corrected chi connectivity index (χ1v) is 10.9. The van der Waals surface area contributed by atoms with E-state index in [0.29, 0.717) is 17.7 Å². The number of halogens is 1. The molecule has 2 heterocycles. The summed E-state index contributed by atoms with van der Waals surface area (Å²) in [5, 5.41) is 19.2. The van der Waals surface area contributed by atoms with Crippen LogP contribution < -0.4 is 9.73 Å². The molecule has 32 heavy (non-hydrogen) atoms. The third kappa shape index (κ3) is 4.73. The van der Waals surface area contributed by atoms with E-state index in [9.17, 15) is 13.7 Å². The maximum atomic E-state index is 11.1. The van der Waals surface area contributed by atoms with Gasteiger partial charge < -0.3 is 4.42 Å². The molecule has 4 aromatic rings. The second-order valence-electron chi connectivity index (χ2n) is 6.64. The van der Waals surface area contributed by atoms with Crippen molar-refractivity contribution in [3.8, 4) is 17.2 Å². The van der Waals surface area contributed by atoms with Crippen molar-refractivity contribution < 1.29 is 17.4 Å². The van der Waals surface area contributed by atoms with Crippen LogP contribution in [-0.4, -0.2) is 27.8 Å². The molecule has 0 radical (unpaired) electrons. The molecule has 12 heteroatoms. The maximum Gasteiger partial charge on any atom is 0.357 e. The van der Waals surface area contributed by atoms with Crippen LogP contribution in [0, 0.1) is 11.3 Å². The molecule has 0 fully saturated rings. The maximum absolute atomic E-state index is 11.1. The van der Waals surface area contributed by atoms with E-state index < -0.39 is 10.3 Å². The molecule has 0 aliphatic carbocycles. The van der Waals surface area contributed by atoms with Gasteiger partial charge in [-0.3, -0.25) is 14.3 Å². The molecule has 0 atom stereocenters. The standard InChI is InChI=1S/C20H15ClN6O4S/c21-19-7-14(1-4-20(19)25-32(28,29)30)10-27(26-12-23-24-13-26)17-3-2-15(9-22)18(8-17)16-5-6-31-11-16/h1-8,11-13,25H,10H2,(H,28,29,30). The summed E-state index contributed by atoms with van der Waals surface area (Å²) in [6.07, 6.45) is 6.13. The molecular formula is C20H15ClN6O4S. The minimum absolute atomic E-state index is 0.0504. The Morgan fingerprint density at radius 3 is 2.59 bits per heavy atom. The van der Waals surface area contributed by atoms with Gasteiger partial charge in [-0.2, -0.15) is 13.7 Å². The average molecular weight is 471 g/mol. The number of aromatic nitrogens is 3. The highest BCUT2D eigenvalue weighted by Gasteiger charge is 2.16. The topological polar surface area (TPSA) is 137 Å². The first kappa shape index (κ1) is 21.4. The first-order chi connectivity index (χ1) is 15.3. The van der Waals surface area contributed by atoms with Crippen molar-refractivity contribution in [1.82, 2.24) is 14.9 Å². The molecule has 4 rings (SSSR count). The number of anilines is 2. The van der Waals surface area contributed by atoms with Gasteiger partial charge in [0.25, 0.3) is 0 Å². The Morgan fingerprint density at radius 1 is 1.19 bits per heavy atom. The summed E-state index contributed by atoms with van der Waals surface area (Å²) >= 11 is 6.19. The number of nitriles is 1. The van der Waals surface area contributed by atoms with Crippen molar-refractivity contribution in [3.05, 3.63) is 83.8 Å². The molecule has 0 saturated heterocycles. The van der Waals surface area contributed by atoms with Crippen LogP contribution in [-0.2, 0) is 16.8 Å². The number of rotatable bonds is 7. The number of hydrogen-bond donors (Lipinski definition) is 2. The number of benzene rings is 2. The van der Waals surface area contributed by atoms with Gasteiger partial charge in [-0.05, 0) is 42.0 Å². The second kappa shape index (κ2) is 8.72. The van der Waals surface area contributed by atoms with E-state index in [0.717, 1.165) is 16.8 Å². The highest BCUT2D eigenvalue weighted by molar-refractivity contribution is 7.87. The van der Waals surface area contributed by atoms with E-state index in [4.69, 9.17) is 20.6 Å². The number of nitrogens with zero attached hydrogens (tertiary/aromatic N) is 5. The van der Waals surface area contributed by atoms with Crippen molar-refractivity contribution >= 4 is 33.3 Å². The monoisotopic (exact) mass is 470 g/mol. The van der Waals surface area contributed by atoms with Crippen LogP contribution in [0.4, 0.5) is 11.4 Å². The minimum Gasteiger partial charge on any atom is -0.472 e. The quantitative estimate of drug-likeness (QED) is 0.389. The number of hydrogen-bond acceptors (Lipinski definition) is 7. The molecule has 0 aliphatic heterocycles. The predicted molar refractivity (Wildman–Crippen MR) is 117 cm³/mol. The van der Waals surface area contributed by atoms with Gasteiger partial charge in [0.05, 0.1) is 47.1 Å². The van der Waals surface area contributed by atoms with Gasteiger partial charge in [-0.1, -0.05) is 17.7 Å². The largest absolute Gasteiger partial charge is 0.472 e. The Morgan fingerprint density at radius 2 is 1.97 bits per heavy atom. The Kier molecular flexibility index (Phi) is 5.83. The van der Waals surface area contributed by atoms with Crippen LogP contribution in [0.1, 0.15) is 11.1 Å². The molecule has 10 nitrogen and oxygen atoms in total. The molecule has 0 unspecified atom stereocenters. The number of furan rings is 1. The second-order valence-corrected chi connectivity index (χ2v) is 8.21. The normalized spacial score (nSPS) is 11.2. The zero-order chi connectivity index (χ0) is 22.7. The van der Waals surface area contributed by atoms with Crippen molar-refractivity contribution in [2.24, 2.45) is 0 Å². The van der Waals surface area contributed by atoms with E-state index >= 15 is 0 Å². The Bertz CT molecular complexity index is 1380. The summed E-state index contributed by atoms with van der Waals surface area (Å²) in [5.41, 5.74) is 3.46. The van der Waals surface area contributed by atoms with Crippen LogP contribution in [0.15, 0.2) is 72.1 Å². The van der Waals surface area contributed by atoms with Gasteiger partial charge in [-0.15, -0.1) is 10.2 Å². The lowest BCUT2D eigenvalue weighted by atomic mass is 10.0. The van der Waals surface area contributed by atoms with E-state index in [1.54, 1.807) is 41.3 Å². The highest BCUT2D eigenvalue weighted by Crippen LogP contribution is 2.31. The molecule has 0 aliphatic rings. The molecule has 162 valence electrons. The highest BCUT2D eigenvalue weighted by atomic mass is 35.5. The van der Waals surface area contributed by atoms with Crippen molar-refractivity contribution in [2.75, 3.05) is 9.73 Å². The van der Waals surface area contributed by atoms with Gasteiger partial charge in [0.2, 0.25) is 0 Å². The summed E-state index contributed by atoms with van der Waals surface area (Å²) in [4.78, 5) is 0. The minimum atomic E-state index is -4.45. The zero-order valence-electron chi connectivity index (χ0n) is 16.3. The SMILES string of the molecule is N#Cc1ccc(N(Cc2ccc(NS(=O)(=O)O)c(Cl)c2)n2cnnc2)cc1-c1ccoc1.